The van der Waals surface area contributed by atoms with E-state index in [1.54, 1.807) is 0 Å². The van der Waals surface area contributed by atoms with Crippen molar-refractivity contribution in [3.63, 3.8) is 0 Å². The van der Waals surface area contributed by atoms with E-state index in [9.17, 15) is 26.4 Å². The van der Waals surface area contributed by atoms with Gasteiger partial charge in [0.05, 0.1) is 28.9 Å². The van der Waals surface area contributed by atoms with Gasteiger partial charge in [-0.15, -0.1) is 0 Å². The highest BCUT2D eigenvalue weighted by Gasteiger charge is 2.34. The molecule has 3 rings (SSSR count). The van der Waals surface area contributed by atoms with Crippen LogP contribution in [0.4, 0.5) is 13.2 Å². The largest absolute Gasteiger partial charge is 0.416 e. The van der Waals surface area contributed by atoms with Crippen molar-refractivity contribution >= 4 is 15.9 Å². The zero-order valence-corrected chi connectivity index (χ0v) is 13.9. The number of sulfonamides is 1. The van der Waals surface area contributed by atoms with Crippen LogP contribution in [0.2, 0.25) is 0 Å². The maximum Gasteiger partial charge on any atom is 0.416 e. The lowest BCUT2D eigenvalue weighted by molar-refractivity contribution is -0.137. The fourth-order valence-corrected chi connectivity index (χ4v) is 3.96. The molecular formula is C15H12F3N4O3S. The number of amides is 1. The number of nitrogens with two attached hydrogens (primary N) is 1. The van der Waals surface area contributed by atoms with E-state index >= 15 is 0 Å². The molecule has 1 aromatic carbocycles. The van der Waals surface area contributed by atoms with Crippen molar-refractivity contribution in [3.05, 3.63) is 53.1 Å². The Labute approximate surface area is 146 Å². The number of rotatable bonds is 3. The summed E-state index contributed by atoms with van der Waals surface area (Å²) in [5.74, 6) is -1.19. The van der Waals surface area contributed by atoms with Gasteiger partial charge in [0.1, 0.15) is 0 Å². The standard InChI is InChI=1S/C15H12F3N4O3S/c16-15(17,18)10-2-1-3-11(6-10)26(24,25)22-5-4-9-7-20-14(13(19)23)21-12(9)8-22/h1-3,6H,4-5,8H2,(H2,19,23). The SMILES string of the molecule is NC(=O)c1n[c]c2c(n1)CN(S(=O)(=O)c1cccc(C(F)(F)F)c1)CC2. The van der Waals surface area contributed by atoms with Crippen LogP contribution < -0.4 is 5.73 Å². The normalized spacial score (nSPS) is 15.5. The number of aromatic nitrogens is 2. The van der Waals surface area contributed by atoms with Crippen LogP contribution in [-0.4, -0.2) is 35.1 Å². The van der Waals surface area contributed by atoms with Gasteiger partial charge in [-0.05, 0) is 24.6 Å². The van der Waals surface area contributed by atoms with Crippen LogP contribution in [0, 0.1) is 6.20 Å². The second-order valence-corrected chi connectivity index (χ2v) is 7.50. The molecule has 0 spiro atoms. The van der Waals surface area contributed by atoms with E-state index in [1.807, 2.05) is 0 Å². The molecule has 2 N–H and O–H groups in total. The molecule has 2 heterocycles. The Balaban J connectivity index is 1.94. The number of benzene rings is 1. The van der Waals surface area contributed by atoms with E-state index in [-0.39, 0.29) is 31.0 Å². The summed E-state index contributed by atoms with van der Waals surface area (Å²) in [5, 5.41) is 0. The van der Waals surface area contributed by atoms with E-state index in [1.165, 1.54) is 0 Å². The average Bonchev–Trinajstić information content (AvgIpc) is 2.60. The van der Waals surface area contributed by atoms with Gasteiger partial charge in [-0.1, -0.05) is 6.07 Å². The molecule has 1 amide bonds. The molecule has 1 aliphatic heterocycles. The Morgan fingerprint density at radius 1 is 1.31 bits per heavy atom. The van der Waals surface area contributed by atoms with Crippen molar-refractivity contribution in [1.29, 1.82) is 0 Å². The van der Waals surface area contributed by atoms with Gasteiger partial charge in [-0.3, -0.25) is 4.79 Å². The lowest BCUT2D eigenvalue weighted by Gasteiger charge is -2.27. The summed E-state index contributed by atoms with van der Waals surface area (Å²) in [5.41, 5.74) is 4.82. The minimum Gasteiger partial charge on any atom is -0.363 e. The van der Waals surface area contributed by atoms with Crippen molar-refractivity contribution in [2.45, 2.75) is 24.0 Å². The second kappa shape index (κ2) is 6.32. The van der Waals surface area contributed by atoms with E-state index in [2.05, 4.69) is 16.2 Å². The van der Waals surface area contributed by atoms with Crippen molar-refractivity contribution in [3.8, 4) is 0 Å². The molecule has 1 aliphatic rings. The van der Waals surface area contributed by atoms with Crippen LogP contribution in [0.25, 0.3) is 0 Å². The van der Waals surface area contributed by atoms with Crippen molar-refractivity contribution in [2.24, 2.45) is 5.73 Å². The highest BCUT2D eigenvalue weighted by atomic mass is 32.2. The zero-order chi connectivity index (χ0) is 19.1. The third kappa shape index (κ3) is 3.40. The smallest absolute Gasteiger partial charge is 0.363 e. The molecule has 0 saturated heterocycles. The van der Waals surface area contributed by atoms with Gasteiger partial charge >= 0.3 is 6.18 Å². The monoisotopic (exact) mass is 385 g/mol. The zero-order valence-electron chi connectivity index (χ0n) is 13.1. The third-order valence-corrected chi connectivity index (χ3v) is 5.68. The molecule has 26 heavy (non-hydrogen) atoms. The van der Waals surface area contributed by atoms with Crippen LogP contribution >= 0.6 is 0 Å². The summed E-state index contributed by atoms with van der Waals surface area (Å²) in [4.78, 5) is 18.3. The molecule has 0 bridgehead atoms. The van der Waals surface area contributed by atoms with E-state index in [0.717, 1.165) is 22.5 Å². The molecule has 137 valence electrons. The molecule has 0 atom stereocenters. The van der Waals surface area contributed by atoms with Crippen molar-refractivity contribution in [1.82, 2.24) is 14.3 Å². The lowest BCUT2D eigenvalue weighted by Crippen LogP contribution is -2.37. The first-order chi connectivity index (χ1) is 12.1. The van der Waals surface area contributed by atoms with Crippen molar-refractivity contribution in [2.75, 3.05) is 6.54 Å². The number of primary amides is 1. The molecule has 0 unspecified atom stereocenters. The second-order valence-electron chi connectivity index (χ2n) is 5.56. The summed E-state index contributed by atoms with van der Waals surface area (Å²) < 4.78 is 64.9. The van der Waals surface area contributed by atoms with Crippen LogP contribution in [0.3, 0.4) is 0 Å². The van der Waals surface area contributed by atoms with Crippen LogP contribution in [-0.2, 0) is 29.2 Å². The first-order valence-electron chi connectivity index (χ1n) is 7.34. The summed E-state index contributed by atoms with van der Waals surface area (Å²) in [6.45, 7) is -0.186. The number of alkyl halides is 3. The number of carbonyl (C=O) groups excluding carboxylic acids is 1. The Morgan fingerprint density at radius 2 is 2.04 bits per heavy atom. The maximum absolute atomic E-state index is 12.8. The first-order valence-corrected chi connectivity index (χ1v) is 8.78. The number of halogens is 3. The molecule has 1 aromatic heterocycles. The topological polar surface area (TPSA) is 106 Å². The van der Waals surface area contributed by atoms with Crippen LogP contribution in [0.1, 0.15) is 27.4 Å². The Bertz CT molecular complexity index is 976. The number of carbonyl (C=O) groups is 1. The number of hydrogen-bond donors (Lipinski definition) is 1. The lowest BCUT2D eigenvalue weighted by atomic mass is 10.1. The molecule has 2 aromatic rings. The van der Waals surface area contributed by atoms with Gasteiger partial charge in [0.15, 0.2) is 0 Å². The highest BCUT2D eigenvalue weighted by Crippen LogP contribution is 2.32. The first kappa shape index (κ1) is 18.3. The molecule has 0 fully saturated rings. The van der Waals surface area contributed by atoms with E-state index in [0.29, 0.717) is 11.6 Å². The molecular weight excluding hydrogens is 373 g/mol. The van der Waals surface area contributed by atoms with Crippen LogP contribution in [0.5, 0.6) is 0 Å². The van der Waals surface area contributed by atoms with Gasteiger partial charge < -0.3 is 5.73 Å². The van der Waals surface area contributed by atoms with Crippen LogP contribution in [0.15, 0.2) is 29.2 Å². The van der Waals surface area contributed by atoms with Crippen molar-refractivity contribution < 1.29 is 26.4 Å². The molecule has 7 nitrogen and oxygen atoms in total. The Kier molecular flexibility index (Phi) is 4.44. The van der Waals surface area contributed by atoms with E-state index in [4.69, 9.17) is 5.73 Å². The third-order valence-electron chi connectivity index (χ3n) is 3.84. The minimum atomic E-state index is -4.65. The Hall–Kier alpha value is -2.53. The fourth-order valence-electron chi connectivity index (χ4n) is 2.52. The van der Waals surface area contributed by atoms with E-state index < -0.39 is 32.6 Å². The predicted molar refractivity (Wildman–Crippen MR) is 82.1 cm³/mol. The van der Waals surface area contributed by atoms with Gasteiger partial charge in [0.2, 0.25) is 15.8 Å². The quantitative estimate of drug-likeness (QED) is 0.853. The fraction of sp³-hybridized carbons (Fsp3) is 0.267. The van der Waals surface area contributed by atoms with Gasteiger partial charge in [-0.25, -0.2) is 18.4 Å². The molecule has 0 saturated carbocycles. The number of hydrogen-bond acceptors (Lipinski definition) is 5. The Morgan fingerprint density at radius 3 is 2.69 bits per heavy atom. The highest BCUT2D eigenvalue weighted by molar-refractivity contribution is 7.89. The van der Waals surface area contributed by atoms with Gasteiger partial charge in [0.25, 0.3) is 5.91 Å². The molecule has 0 aliphatic carbocycles. The minimum absolute atomic E-state index is 0.0291. The maximum atomic E-state index is 12.8. The number of fused-ring (bicyclic) bond motifs is 1. The van der Waals surface area contributed by atoms with Gasteiger partial charge in [-0.2, -0.15) is 17.5 Å². The molecule has 1 radical (unpaired) electrons. The summed E-state index contributed by atoms with van der Waals surface area (Å²) in [6.07, 6.45) is -1.84. The predicted octanol–water partition coefficient (Wildman–Crippen LogP) is 1.14. The summed E-state index contributed by atoms with van der Waals surface area (Å²) >= 11 is 0. The summed E-state index contributed by atoms with van der Waals surface area (Å²) in [6, 6.07) is 3.52. The number of nitrogens with zero attached hydrogens (tertiary/aromatic N) is 3. The summed E-state index contributed by atoms with van der Waals surface area (Å²) in [7, 11) is -4.18. The molecule has 11 heteroatoms. The van der Waals surface area contributed by atoms with Gasteiger partial charge in [0, 0.05) is 12.1 Å². The average molecular weight is 385 g/mol.